The monoisotopic (exact) mass is 432 g/mol. The van der Waals surface area contributed by atoms with E-state index in [2.05, 4.69) is 35.4 Å². The van der Waals surface area contributed by atoms with Crippen molar-refractivity contribution in [3.63, 3.8) is 0 Å². The average molecular weight is 433 g/mol. The van der Waals surface area contributed by atoms with Gasteiger partial charge in [0.05, 0.1) is 11.2 Å². The lowest BCUT2D eigenvalue weighted by atomic mass is 10.1. The molecule has 7 heteroatoms. The highest BCUT2D eigenvalue weighted by Crippen LogP contribution is 2.18. The minimum Gasteiger partial charge on any atom is -0.336 e. The number of carbonyl (C=O) groups is 1. The summed E-state index contributed by atoms with van der Waals surface area (Å²) in [5.41, 5.74) is 3.71. The number of hydrogen-bond acceptors (Lipinski definition) is 3. The SMILES string of the molecule is C[C@H]1CN(C(=O)c2ccc(/C=C/c3n[nH]c4ccccc34)cc2)C[C@H](C)N1.Cl.Cl. The Morgan fingerprint density at radius 2 is 1.66 bits per heavy atom. The molecule has 1 aliphatic rings. The zero-order valence-electron chi connectivity index (χ0n) is 16.5. The summed E-state index contributed by atoms with van der Waals surface area (Å²) in [6.45, 7) is 5.72. The number of rotatable bonds is 3. The number of piperazine rings is 1. The van der Waals surface area contributed by atoms with Crippen LogP contribution in [0.3, 0.4) is 0 Å². The van der Waals surface area contributed by atoms with Crippen LogP contribution in [0.4, 0.5) is 0 Å². The summed E-state index contributed by atoms with van der Waals surface area (Å²) in [7, 11) is 0. The molecule has 0 radical (unpaired) electrons. The predicted octanol–water partition coefficient (Wildman–Crippen LogP) is 4.40. The Morgan fingerprint density at radius 3 is 2.34 bits per heavy atom. The maximum absolute atomic E-state index is 12.8. The molecule has 0 bridgehead atoms. The van der Waals surface area contributed by atoms with E-state index in [1.54, 1.807) is 0 Å². The van der Waals surface area contributed by atoms with Crippen LogP contribution in [0, 0.1) is 0 Å². The third kappa shape index (κ3) is 5.18. The Balaban J connectivity index is 0.00000150. The van der Waals surface area contributed by atoms with Crippen molar-refractivity contribution in [3.05, 3.63) is 65.4 Å². The van der Waals surface area contributed by atoms with Crippen molar-refractivity contribution in [3.8, 4) is 0 Å². The number of halogens is 2. The molecular formula is C22H26Cl2N4O. The lowest BCUT2D eigenvalue weighted by Gasteiger charge is -2.36. The maximum Gasteiger partial charge on any atom is 0.253 e. The van der Waals surface area contributed by atoms with Gasteiger partial charge in [0, 0.05) is 36.1 Å². The van der Waals surface area contributed by atoms with Crippen LogP contribution in [0.25, 0.3) is 23.1 Å². The largest absolute Gasteiger partial charge is 0.336 e. The molecule has 0 saturated carbocycles. The number of H-pyrrole nitrogens is 1. The molecule has 1 aromatic heterocycles. The van der Waals surface area contributed by atoms with Gasteiger partial charge in [-0.25, -0.2) is 0 Å². The third-order valence-corrected chi connectivity index (χ3v) is 4.94. The highest BCUT2D eigenvalue weighted by atomic mass is 35.5. The predicted molar refractivity (Wildman–Crippen MR) is 124 cm³/mol. The van der Waals surface area contributed by atoms with Gasteiger partial charge in [0.25, 0.3) is 5.91 Å². The van der Waals surface area contributed by atoms with Crippen molar-refractivity contribution in [1.29, 1.82) is 0 Å². The van der Waals surface area contributed by atoms with Gasteiger partial charge in [0.2, 0.25) is 0 Å². The smallest absolute Gasteiger partial charge is 0.253 e. The average Bonchev–Trinajstić information content (AvgIpc) is 3.09. The zero-order valence-corrected chi connectivity index (χ0v) is 18.1. The number of hydrogen-bond donors (Lipinski definition) is 2. The van der Waals surface area contributed by atoms with E-state index in [0.29, 0.717) is 12.1 Å². The number of nitrogens with zero attached hydrogens (tertiary/aromatic N) is 2. The first-order chi connectivity index (χ1) is 13.1. The van der Waals surface area contributed by atoms with Crippen LogP contribution in [0.15, 0.2) is 48.5 Å². The maximum atomic E-state index is 12.8. The quantitative estimate of drug-likeness (QED) is 0.644. The first-order valence-electron chi connectivity index (χ1n) is 9.37. The van der Waals surface area contributed by atoms with E-state index in [-0.39, 0.29) is 30.7 Å². The summed E-state index contributed by atoms with van der Waals surface area (Å²) in [6.07, 6.45) is 4.02. The number of aromatic nitrogens is 2. The first-order valence-corrected chi connectivity index (χ1v) is 9.37. The van der Waals surface area contributed by atoms with Gasteiger partial charge in [0.1, 0.15) is 0 Å². The fourth-order valence-electron chi connectivity index (χ4n) is 3.70. The highest BCUT2D eigenvalue weighted by Gasteiger charge is 2.25. The van der Waals surface area contributed by atoms with Gasteiger partial charge >= 0.3 is 0 Å². The van der Waals surface area contributed by atoms with Gasteiger partial charge in [-0.05, 0) is 43.7 Å². The molecule has 0 spiro atoms. The number of amides is 1. The Labute approximate surface area is 183 Å². The molecule has 29 heavy (non-hydrogen) atoms. The van der Waals surface area contributed by atoms with Crippen LogP contribution in [-0.2, 0) is 0 Å². The van der Waals surface area contributed by atoms with E-state index in [9.17, 15) is 4.79 Å². The molecule has 3 aromatic rings. The van der Waals surface area contributed by atoms with Crippen LogP contribution >= 0.6 is 24.8 Å². The van der Waals surface area contributed by atoms with E-state index in [1.165, 1.54) is 0 Å². The molecule has 1 saturated heterocycles. The number of carbonyl (C=O) groups excluding carboxylic acids is 1. The van der Waals surface area contributed by atoms with E-state index in [0.717, 1.165) is 40.8 Å². The van der Waals surface area contributed by atoms with E-state index < -0.39 is 0 Å². The van der Waals surface area contributed by atoms with Gasteiger partial charge in [-0.1, -0.05) is 36.4 Å². The molecule has 2 atom stereocenters. The van der Waals surface area contributed by atoms with E-state index in [1.807, 2.05) is 59.5 Å². The Kier molecular flexibility index (Phi) is 7.85. The topological polar surface area (TPSA) is 61.0 Å². The second kappa shape index (κ2) is 9.92. The molecule has 2 heterocycles. The molecule has 4 rings (SSSR count). The Hall–Kier alpha value is -2.34. The molecule has 2 aromatic carbocycles. The fraction of sp³-hybridized carbons (Fsp3) is 0.273. The summed E-state index contributed by atoms with van der Waals surface area (Å²) in [5.74, 6) is 0.101. The van der Waals surface area contributed by atoms with Gasteiger partial charge in [-0.2, -0.15) is 5.10 Å². The van der Waals surface area contributed by atoms with Crippen molar-refractivity contribution < 1.29 is 4.79 Å². The van der Waals surface area contributed by atoms with Gasteiger partial charge in [0.15, 0.2) is 0 Å². The molecule has 1 aliphatic heterocycles. The minimum atomic E-state index is 0. The normalized spacial score (nSPS) is 19.0. The van der Waals surface area contributed by atoms with Crippen LogP contribution < -0.4 is 5.32 Å². The summed E-state index contributed by atoms with van der Waals surface area (Å²) < 4.78 is 0. The second-order valence-corrected chi connectivity index (χ2v) is 7.29. The van der Waals surface area contributed by atoms with Crippen LogP contribution in [-0.4, -0.2) is 46.2 Å². The summed E-state index contributed by atoms with van der Waals surface area (Å²) in [6, 6.07) is 16.5. The molecule has 5 nitrogen and oxygen atoms in total. The number of aromatic amines is 1. The zero-order chi connectivity index (χ0) is 18.8. The van der Waals surface area contributed by atoms with Crippen molar-refractivity contribution >= 4 is 53.8 Å². The third-order valence-electron chi connectivity index (χ3n) is 4.94. The number of para-hydroxylation sites is 1. The van der Waals surface area contributed by atoms with Crippen LogP contribution in [0.5, 0.6) is 0 Å². The molecule has 0 aliphatic carbocycles. The Bertz CT molecular complexity index is 974. The van der Waals surface area contributed by atoms with Crippen molar-refractivity contribution in [2.75, 3.05) is 13.1 Å². The number of fused-ring (bicyclic) bond motifs is 1. The summed E-state index contributed by atoms with van der Waals surface area (Å²) >= 11 is 0. The van der Waals surface area contributed by atoms with Gasteiger partial charge < -0.3 is 10.2 Å². The van der Waals surface area contributed by atoms with Crippen molar-refractivity contribution in [2.24, 2.45) is 0 Å². The molecule has 1 amide bonds. The van der Waals surface area contributed by atoms with Crippen LogP contribution in [0.2, 0.25) is 0 Å². The molecule has 0 unspecified atom stereocenters. The van der Waals surface area contributed by atoms with E-state index >= 15 is 0 Å². The molecule has 154 valence electrons. The van der Waals surface area contributed by atoms with Crippen molar-refractivity contribution in [2.45, 2.75) is 25.9 Å². The Morgan fingerprint density at radius 1 is 1.00 bits per heavy atom. The minimum absolute atomic E-state index is 0. The standard InChI is InChI=1S/C22H24N4O.2ClH/c1-15-13-26(14-16(2)23-15)22(27)18-10-7-17(8-11-18)9-12-21-19-5-3-4-6-20(19)24-25-21;;/h3-12,15-16,23H,13-14H2,1-2H3,(H,24,25);2*1H/b12-9+;;/t15-,16-;;/m0../s1. The molecule has 1 fully saturated rings. The van der Waals surface area contributed by atoms with E-state index in [4.69, 9.17) is 0 Å². The second-order valence-electron chi connectivity index (χ2n) is 7.29. The first kappa shape index (κ1) is 22.9. The summed E-state index contributed by atoms with van der Waals surface area (Å²) in [4.78, 5) is 14.7. The number of benzene rings is 2. The molecular weight excluding hydrogens is 407 g/mol. The lowest BCUT2D eigenvalue weighted by Crippen LogP contribution is -2.55. The van der Waals surface area contributed by atoms with Crippen molar-refractivity contribution in [1.82, 2.24) is 20.4 Å². The summed E-state index contributed by atoms with van der Waals surface area (Å²) in [5, 5.41) is 11.9. The molecule has 2 N–H and O–H groups in total. The van der Waals surface area contributed by atoms with Gasteiger partial charge in [-0.15, -0.1) is 24.8 Å². The fourth-order valence-corrected chi connectivity index (χ4v) is 3.70. The highest BCUT2D eigenvalue weighted by molar-refractivity contribution is 5.95. The van der Waals surface area contributed by atoms with Gasteiger partial charge in [-0.3, -0.25) is 9.89 Å². The number of nitrogens with one attached hydrogen (secondary N) is 2. The van der Waals surface area contributed by atoms with Crippen LogP contribution in [0.1, 0.15) is 35.5 Å². The lowest BCUT2D eigenvalue weighted by molar-refractivity contribution is 0.0674.